The molecule has 2 aromatic rings. The molecule has 0 saturated carbocycles. The Morgan fingerprint density at radius 1 is 1.19 bits per heavy atom. The van der Waals surface area contributed by atoms with E-state index in [0.717, 1.165) is 29.9 Å². The number of nitrogens with zero attached hydrogens (tertiary/aromatic N) is 1. The lowest BCUT2D eigenvalue weighted by Gasteiger charge is -2.17. The third-order valence-electron chi connectivity index (χ3n) is 3.33. The highest BCUT2D eigenvalue weighted by Gasteiger charge is 2.14. The van der Waals surface area contributed by atoms with Gasteiger partial charge in [-0.25, -0.2) is 4.98 Å². The van der Waals surface area contributed by atoms with Crippen molar-refractivity contribution >= 4 is 11.4 Å². The molecule has 0 fully saturated rings. The van der Waals surface area contributed by atoms with Crippen molar-refractivity contribution in [3.05, 3.63) is 41.6 Å². The lowest BCUT2D eigenvalue weighted by atomic mass is 10.1. The fourth-order valence-corrected chi connectivity index (χ4v) is 2.01. The van der Waals surface area contributed by atoms with Crippen LogP contribution in [0.15, 0.2) is 30.3 Å². The minimum Gasteiger partial charge on any atom is -0.437 e. The van der Waals surface area contributed by atoms with Crippen LogP contribution in [0.3, 0.4) is 0 Å². The van der Waals surface area contributed by atoms with Crippen LogP contribution in [0.5, 0.6) is 11.6 Å². The van der Waals surface area contributed by atoms with Gasteiger partial charge in [0.2, 0.25) is 5.88 Å². The monoisotopic (exact) mass is 286 g/mol. The van der Waals surface area contributed by atoms with Gasteiger partial charge in [0.05, 0.1) is 5.69 Å². The number of hydrogen-bond acceptors (Lipinski definition) is 5. The maximum absolute atomic E-state index is 6.20. The van der Waals surface area contributed by atoms with E-state index in [-0.39, 0.29) is 0 Å². The summed E-state index contributed by atoms with van der Waals surface area (Å²) in [6.07, 6.45) is 0.884. The number of nitrogens with one attached hydrogen (secondary N) is 1. The first kappa shape index (κ1) is 15.1. The summed E-state index contributed by atoms with van der Waals surface area (Å²) in [6, 6.07) is 9.50. The molecular weight excluding hydrogens is 264 g/mol. The molecule has 1 aromatic heterocycles. The van der Waals surface area contributed by atoms with Gasteiger partial charge in [-0.05, 0) is 44.5 Å². The van der Waals surface area contributed by atoms with Gasteiger partial charge in [0.1, 0.15) is 11.4 Å². The molecule has 112 valence electrons. The number of rotatable bonds is 6. The van der Waals surface area contributed by atoms with Crippen LogP contribution in [-0.2, 0) is 0 Å². The van der Waals surface area contributed by atoms with Crippen molar-refractivity contribution in [3.63, 3.8) is 0 Å². The number of ether oxygens (including phenoxy) is 1. The Kier molecular flexibility index (Phi) is 5.00. The van der Waals surface area contributed by atoms with E-state index in [4.69, 9.17) is 16.2 Å². The summed E-state index contributed by atoms with van der Waals surface area (Å²) in [5, 5.41) is 3.32. The van der Waals surface area contributed by atoms with Gasteiger partial charge >= 0.3 is 0 Å². The maximum Gasteiger partial charge on any atom is 0.245 e. The second-order valence-corrected chi connectivity index (χ2v) is 4.90. The first-order chi connectivity index (χ1) is 10.1. The second-order valence-electron chi connectivity index (χ2n) is 4.90. The number of aromatic nitrogens is 1. The average molecular weight is 286 g/mol. The highest BCUT2D eigenvalue weighted by molar-refractivity contribution is 5.75. The molecule has 0 radical (unpaired) electrons. The Bertz CT molecular complexity index is 599. The standard InChI is InChI=1S/C16H22N4O/c1-11-12(2)20-16(21-13-7-4-3-5-8-13)14(18)15(11)19-10-6-9-17/h3-5,7-8H,6,9-10,17-18H2,1-2H3,(H,19,20). The molecule has 0 atom stereocenters. The van der Waals surface area contributed by atoms with Gasteiger partial charge in [-0.2, -0.15) is 0 Å². The number of pyridine rings is 1. The van der Waals surface area contributed by atoms with Crippen molar-refractivity contribution in [2.75, 3.05) is 24.1 Å². The molecule has 5 nitrogen and oxygen atoms in total. The third-order valence-corrected chi connectivity index (χ3v) is 3.33. The van der Waals surface area contributed by atoms with Crippen molar-refractivity contribution in [2.45, 2.75) is 20.3 Å². The minimum atomic E-state index is 0.430. The highest BCUT2D eigenvalue weighted by Crippen LogP contribution is 2.35. The van der Waals surface area contributed by atoms with Crippen LogP contribution in [0.25, 0.3) is 0 Å². The molecule has 0 amide bonds. The lowest BCUT2D eigenvalue weighted by Crippen LogP contribution is -2.12. The van der Waals surface area contributed by atoms with Gasteiger partial charge in [0.15, 0.2) is 0 Å². The summed E-state index contributed by atoms with van der Waals surface area (Å²) in [7, 11) is 0. The fraction of sp³-hybridized carbons (Fsp3) is 0.312. The molecule has 0 aliphatic carbocycles. The summed E-state index contributed by atoms with van der Waals surface area (Å²) in [5.41, 5.74) is 15.1. The molecule has 0 saturated heterocycles. The zero-order chi connectivity index (χ0) is 15.2. The molecular formula is C16H22N4O. The van der Waals surface area contributed by atoms with E-state index in [1.54, 1.807) is 0 Å². The molecule has 0 aliphatic heterocycles. The van der Waals surface area contributed by atoms with E-state index in [9.17, 15) is 0 Å². The first-order valence-electron chi connectivity index (χ1n) is 7.07. The Hall–Kier alpha value is -2.27. The fourth-order valence-electron chi connectivity index (χ4n) is 2.01. The topological polar surface area (TPSA) is 86.2 Å². The Balaban J connectivity index is 2.29. The van der Waals surface area contributed by atoms with Gasteiger partial charge in [-0.15, -0.1) is 0 Å². The van der Waals surface area contributed by atoms with Crippen molar-refractivity contribution in [3.8, 4) is 11.6 Å². The minimum absolute atomic E-state index is 0.430. The van der Waals surface area contributed by atoms with Gasteiger partial charge in [0, 0.05) is 12.2 Å². The normalized spacial score (nSPS) is 10.4. The molecule has 21 heavy (non-hydrogen) atoms. The quantitative estimate of drug-likeness (QED) is 0.711. The summed E-state index contributed by atoms with van der Waals surface area (Å²) >= 11 is 0. The van der Waals surface area contributed by atoms with E-state index in [2.05, 4.69) is 10.3 Å². The number of para-hydroxylation sites is 1. The van der Waals surface area contributed by atoms with Gasteiger partial charge in [0.25, 0.3) is 0 Å². The van der Waals surface area contributed by atoms with Crippen molar-refractivity contribution in [1.29, 1.82) is 0 Å². The largest absolute Gasteiger partial charge is 0.437 e. The number of benzene rings is 1. The molecule has 0 unspecified atom stereocenters. The Morgan fingerprint density at radius 3 is 2.57 bits per heavy atom. The van der Waals surface area contributed by atoms with E-state index < -0.39 is 0 Å². The van der Waals surface area contributed by atoms with Crippen molar-refractivity contribution in [1.82, 2.24) is 4.98 Å². The highest BCUT2D eigenvalue weighted by atomic mass is 16.5. The van der Waals surface area contributed by atoms with E-state index in [1.165, 1.54) is 0 Å². The van der Waals surface area contributed by atoms with E-state index >= 15 is 0 Å². The summed E-state index contributed by atoms with van der Waals surface area (Å²) in [4.78, 5) is 4.44. The number of nitrogens with two attached hydrogens (primary N) is 2. The van der Waals surface area contributed by atoms with Gasteiger partial charge in [-0.1, -0.05) is 18.2 Å². The zero-order valence-corrected chi connectivity index (χ0v) is 12.5. The molecule has 1 aromatic carbocycles. The third kappa shape index (κ3) is 3.64. The molecule has 1 heterocycles. The summed E-state index contributed by atoms with van der Waals surface area (Å²) in [6.45, 7) is 5.36. The average Bonchev–Trinajstić information content (AvgIpc) is 2.49. The maximum atomic E-state index is 6.20. The number of anilines is 2. The molecule has 0 bridgehead atoms. The Labute approximate surface area is 125 Å². The van der Waals surface area contributed by atoms with Crippen LogP contribution in [0.1, 0.15) is 17.7 Å². The summed E-state index contributed by atoms with van der Waals surface area (Å²) in [5.74, 6) is 1.15. The SMILES string of the molecule is Cc1nc(Oc2ccccc2)c(N)c(NCCCN)c1C. The van der Waals surface area contributed by atoms with Gasteiger partial charge in [-0.3, -0.25) is 0 Å². The lowest BCUT2D eigenvalue weighted by molar-refractivity contribution is 0.464. The van der Waals surface area contributed by atoms with E-state index in [1.807, 2.05) is 44.2 Å². The molecule has 0 spiro atoms. The number of hydrogen-bond donors (Lipinski definition) is 3. The molecule has 5 heteroatoms. The first-order valence-corrected chi connectivity index (χ1v) is 7.07. The van der Waals surface area contributed by atoms with Crippen molar-refractivity contribution < 1.29 is 4.74 Å². The summed E-state index contributed by atoms with van der Waals surface area (Å²) < 4.78 is 5.79. The van der Waals surface area contributed by atoms with Crippen LogP contribution < -0.4 is 21.5 Å². The molecule has 5 N–H and O–H groups in total. The number of aryl methyl sites for hydroxylation is 1. The van der Waals surface area contributed by atoms with Crippen LogP contribution >= 0.6 is 0 Å². The van der Waals surface area contributed by atoms with E-state index in [0.29, 0.717) is 23.9 Å². The van der Waals surface area contributed by atoms with Crippen LogP contribution in [0, 0.1) is 13.8 Å². The Morgan fingerprint density at radius 2 is 1.90 bits per heavy atom. The molecule has 2 rings (SSSR count). The molecule has 0 aliphatic rings. The smallest absolute Gasteiger partial charge is 0.245 e. The predicted octanol–water partition coefficient (Wildman–Crippen LogP) is 2.83. The second kappa shape index (κ2) is 6.95. The number of nitrogen functional groups attached to an aromatic ring is 1. The van der Waals surface area contributed by atoms with Crippen LogP contribution in [-0.4, -0.2) is 18.1 Å². The predicted molar refractivity (Wildman–Crippen MR) is 86.8 cm³/mol. The van der Waals surface area contributed by atoms with Crippen LogP contribution in [0.2, 0.25) is 0 Å². The van der Waals surface area contributed by atoms with Crippen molar-refractivity contribution in [2.24, 2.45) is 5.73 Å². The van der Waals surface area contributed by atoms with Gasteiger partial charge < -0.3 is 21.5 Å². The van der Waals surface area contributed by atoms with Crippen LogP contribution in [0.4, 0.5) is 11.4 Å². The zero-order valence-electron chi connectivity index (χ0n) is 12.5.